The van der Waals surface area contributed by atoms with Crippen LogP contribution in [0, 0.1) is 6.92 Å². The molecule has 0 aliphatic heterocycles. The molecule has 19 heavy (non-hydrogen) atoms. The van der Waals surface area contributed by atoms with Crippen LogP contribution in [-0.4, -0.2) is 13.7 Å². The first-order chi connectivity index (χ1) is 9.19. The molecule has 1 unspecified atom stereocenters. The van der Waals surface area contributed by atoms with Crippen LogP contribution < -0.4 is 10.1 Å². The summed E-state index contributed by atoms with van der Waals surface area (Å²) >= 11 is 5.93. The number of likely N-dealkylation sites (N-methyl/N-ethyl adjacent to an activating group) is 1. The van der Waals surface area contributed by atoms with E-state index in [-0.39, 0.29) is 6.04 Å². The molecule has 0 spiro atoms. The molecule has 0 amide bonds. The second-order valence-electron chi connectivity index (χ2n) is 4.52. The highest BCUT2D eigenvalue weighted by Gasteiger charge is 2.09. The van der Waals surface area contributed by atoms with E-state index in [1.165, 1.54) is 11.1 Å². The van der Waals surface area contributed by atoms with Gasteiger partial charge in [0, 0.05) is 5.02 Å². The van der Waals surface area contributed by atoms with Crippen LogP contribution in [0.3, 0.4) is 0 Å². The SMILES string of the molecule is CNC(COc1cccc(Cl)c1)c1ccc(C)cc1. The van der Waals surface area contributed by atoms with Crippen molar-refractivity contribution in [2.45, 2.75) is 13.0 Å². The Bertz CT molecular complexity index is 525. The van der Waals surface area contributed by atoms with Gasteiger partial charge < -0.3 is 10.1 Å². The van der Waals surface area contributed by atoms with Crippen molar-refractivity contribution in [2.24, 2.45) is 0 Å². The van der Waals surface area contributed by atoms with Crippen LogP contribution >= 0.6 is 11.6 Å². The van der Waals surface area contributed by atoms with Crippen LogP contribution in [-0.2, 0) is 0 Å². The fourth-order valence-corrected chi connectivity index (χ4v) is 2.06. The van der Waals surface area contributed by atoms with Crippen molar-refractivity contribution in [3.63, 3.8) is 0 Å². The lowest BCUT2D eigenvalue weighted by molar-refractivity contribution is 0.273. The van der Waals surface area contributed by atoms with Crippen LogP contribution in [0.15, 0.2) is 48.5 Å². The summed E-state index contributed by atoms with van der Waals surface area (Å²) in [6.45, 7) is 2.65. The minimum Gasteiger partial charge on any atom is -0.492 e. The van der Waals surface area contributed by atoms with Gasteiger partial charge in [-0.1, -0.05) is 47.5 Å². The van der Waals surface area contributed by atoms with Crippen LogP contribution in [0.4, 0.5) is 0 Å². The van der Waals surface area contributed by atoms with Crippen molar-refractivity contribution in [3.8, 4) is 5.75 Å². The van der Waals surface area contributed by atoms with Gasteiger partial charge in [-0.3, -0.25) is 0 Å². The zero-order valence-corrected chi connectivity index (χ0v) is 11.9. The van der Waals surface area contributed by atoms with E-state index in [2.05, 4.69) is 36.5 Å². The molecule has 2 nitrogen and oxygen atoms in total. The second-order valence-corrected chi connectivity index (χ2v) is 4.96. The largest absolute Gasteiger partial charge is 0.492 e. The van der Waals surface area contributed by atoms with Gasteiger partial charge in [0.05, 0.1) is 6.04 Å². The molecule has 0 radical (unpaired) electrons. The van der Waals surface area contributed by atoms with Crippen molar-refractivity contribution < 1.29 is 4.74 Å². The van der Waals surface area contributed by atoms with Crippen LogP contribution in [0.25, 0.3) is 0 Å². The van der Waals surface area contributed by atoms with Crippen LogP contribution in [0.5, 0.6) is 5.75 Å². The minimum absolute atomic E-state index is 0.166. The lowest BCUT2D eigenvalue weighted by Crippen LogP contribution is -2.23. The van der Waals surface area contributed by atoms with Crippen LogP contribution in [0.1, 0.15) is 17.2 Å². The maximum absolute atomic E-state index is 5.93. The molecule has 0 aliphatic rings. The predicted octanol–water partition coefficient (Wildman–Crippen LogP) is 3.99. The molecule has 100 valence electrons. The Hall–Kier alpha value is -1.51. The van der Waals surface area contributed by atoms with E-state index in [0.29, 0.717) is 11.6 Å². The average molecular weight is 276 g/mol. The normalized spacial score (nSPS) is 12.2. The quantitative estimate of drug-likeness (QED) is 0.891. The predicted molar refractivity (Wildman–Crippen MR) is 79.9 cm³/mol. The molecule has 0 heterocycles. The van der Waals surface area contributed by atoms with E-state index < -0.39 is 0 Å². The lowest BCUT2D eigenvalue weighted by Gasteiger charge is -2.17. The first-order valence-electron chi connectivity index (χ1n) is 6.31. The van der Waals surface area contributed by atoms with Gasteiger partial charge in [-0.2, -0.15) is 0 Å². The molecule has 0 bridgehead atoms. The second kappa shape index (κ2) is 6.60. The minimum atomic E-state index is 0.166. The van der Waals surface area contributed by atoms with E-state index in [0.717, 1.165) is 5.75 Å². The summed E-state index contributed by atoms with van der Waals surface area (Å²) in [5, 5.41) is 3.95. The Morgan fingerprint density at radius 2 is 1.89 bits per heavy atom. The zero-order chi connectivity index (χ0) is 13.7. The van der Waals surface area contributed by atoms with Crippen molar-refractivity contribution in [1.29, 1.82) is 0 Å². The summed E-state index contributed by atoms with van der Waals surface area (Å²) in [7, 11) is 1.94. The summed E-state index contributed by atoms with van der Waals surface area (Å²) in [6, 6.07) is 16.1. The van der Waals surface area contributed by atoms with E-state index in [9.17, 15) is 0 Å². The van der Waals surface area contributed by atoms with E-state index >= 15 is 0 Å². The van der Waals surface area contributed by atoms with Crippen molar-refractivity contribution >= 4 is 11.6 Å². The summed E-state index contributed by atoms with van der Waals surface area (Å²) in [4.78, 5) is 0. The topological polar surface area (TPSA) is 21.3 Å². The van der Waals surface area contributed by atoms with E-state index in [4.69, 9.17) is 16.3 Å². The number of benzene rings is 2. The van der Waals surface area contributed by atoms with Gasteiger partial charge in [0.2, 0.25) is 0 Å². The maximum atomic E-state index is 5.93. The van der Waals surface area contributed by atoms with Gasteiger partial charge in [0.1, 0.15) is 12.4 Å². The summed E-state index contributed by atoms with van der Waals surface area (Å²) in [6.07, 6.45) is 0. The highest BCUT2D eigenvalue weighted by atomic mass is 35.5. The third-order valence-corrected chi connectivity index (χ3v) is 3.28. The first kappa shape index (κ1) is 13.9. The number of aryl methyl sites for hydroxylation is 1. The number of nitrogens with one attached hydrogen (secondary N) is 1. The van der Waals surface area contributed by atoms with Gasteiger partial charge in [0.25, 0.3) is 0 Å². The lowest BCUT2D eigenvalue weighted by atomic mass is 10.1. The van der Waals surface area contributed by atoms with Crippen LogP contribution in [0.2, 0.25) is 5.02 Å². The Labute approximate surface area is 119 Å². The molecule has 0 aliphatic carbocycles. The van der Waals surface area contributed by atoms with Crippen molar-refractivity contribution in [2.75, 3.05) is 13.7 Å². The molecule has 2 aromatic rings. The number of rotatable bonds is 5. The van der Waals surface area contributed by atoms with Gasteiger partial charge >= 0.3 is 0 Å². The number of hydrogen-bond acceptors (Lipinski definition) is 2. The molecule has 0 saturated carbocycles. The smallest absolute Gasteiger partial charge is 0.120 e. The molecule has 0 fully saturated rings. The molecule has 0 aromatic heterocycles. The first-order valence-corrected chi connectivity index (χ1v) is 6.69. The Morgan fingerprint density at radius 3 is 2.53 bits per heavy atom. The van der Waals surface area contributed by atoms with Gasteiger partial charge in [-0.25, -0.2) is 0 Å². The molecular weight excluding hydrogens is 258 g/mol. The van der Waals surface area contributed by atoms with Gasteiger partial charge in [0.15, 0.2) is 0 Å². The van der Waals surface area contributed by atoms with E-state index in [1.807, 2.05) is 31.3 Å². The molecular formula is C16H18ClNO. The van der Waals surface area contributed by atoms with Crippen molar-refractivity contribution in [1.82, 2.24) is 5.32 Å². The third kappa shape index (κ3) is 3.98. The monoisotopic (exact) mass is 275 g/mol. The molecule has 0 saturated heterocycles. The number of halogens is 1. The average Bonchev–Trinajstić information content (AvgIpc) is 2.41. The standard InChI is InChI=1S/C16H18ClNO/c1-12-6-8-13(9-7-12)16(18-2)11-19-15-5-3-4-14(17)10-15/h3-10,16,18H,11H2,1-2H3. The highest BCUT2D eigenvalue weighted by Crippen LogP contribution is 2.20. The zero-order valence-electron chi connectivity index (χ0n) is 11.2. The fraction of sp³-hybridized carbons (Fsp3) is 0.250. The molecule has 1 atom stereocenters. The highest BCUT2D eigenvalue weighted by molar-refractivity contribution is 6.30. The summed E-state index contributed by atoms with van der Waals surface area (Å²) in [5.41, 5.74) is 2.48. The van der Waals surface area contributed by atoms with Crippen molar-refractivity contribution in [3.05, 3.63) is 64.7 Å². The molecule has 2 aromatic carbocycles. The third-order valence-electron chi connectivity index (χ3n) is 3.04. The van der Waals surface area contributed by atoms with E-state index in [1.54, 1.807) is 0 Å². The van der Waals surface area contributed by atoms with Gasteiger partial charge in [-0.05, 0) is 37.7 Å². The number of ether oxygens (including phenoxy) is 1. The Balaban J connectivity index is 2.01. The summed E-state index contributed by atoms with van der Waals surface area (Å²) < 4.78 is 5.78. The number of hydrogen-bond donors (Lipinski definition) is 1. The molecule has 3 heteroatoms. The maximum Gasteiger partial charge on any atom is 0.120 e. The molecule has 1 N–H and O–H groups in total. The summed E-state index contributed by atoms with van der Waals surface area (Å²) in [5.74, 6) is 0.792. The Kier molecular flexibility index (Phi) is 4.83. The fourth-order valence-electron chi connectivity index (χ4n) is 1.88. The molecule has 2 rings (SSSR count). The van der Waals surface area contributed by atoms with Gasteiger partial charge in [-0.15, -0.1) is 0 Å². The Morgan fingerprint density at radius 1 is 1.16 bits per heavy atom.